The first-order valence-corrected chi connectivity index (χ1v) is 7.37. The molecule has 0 spiro atoms. The Morgan fingerprint density at radius 3 is 2.79 bits per heavy atom. The van der Waals surface area contributed by atoms with Crippen molar-refractivity contribution in [2.45, 2.75) is 0 Å². The Morgan fingerprint density at radius 1 is 1.12 bits per heavy atom. The fourth-order valence-electron chi connectivity index (χ4n) is 2.44. The minimum atomic E-state index is -0.469. The third-order valence-corrected chi connectivity index (χ3v) is 3.61. The SMILES string of the molecule is COc1cccc(/C=N\NC(=O)c2c(O)ccc3ccccc23)c1. The Morgan fingerprint density at radius 2 is 1.96 bits per heavy atom. The molecule has 0 radical (unpaired) electrons. The predicted octanol–water partition coefficient (Wildman–Crippen LogP) is 3.32. The minimum Gasteiger partial charge on any atom is -0.507 e. The van der Waals surface area contributed by atoms with Crippen LogP contribution in [0.5, 0.6) is 11.5 Å². The van der Waals surface area contributed by atoms with Crippen LogP contribution in [0.2, 0.25) is 0 Å². The third-order valence-electron chi connectivity index (χ3n) is 3.61. The van der Waals surface area contributed by atoms with Crippen LogP contribution in [-0.2, 0) is 0 Å². The van der Waals surface area contributed by atoms with Crippen molar-refractivity contribution in [3.05, 3.63) is 71.8 Å². The average Bonchev–Trinajstić information content (AvgIpc) is 2.61. The van der Waals surface area contributed by atoms with Crippen molar-refractivity contribution in [1.29, 1.82) is 0 Å². The fraction of sp³-hybridized carbons (Fsp3) is 0.0526. The number of rotatable bonds is 4. The van der Waals surface area contributed by atoms with Crippen LogP contribution in [0.1, 0.15) is 15.9 Å². The van der Waals surface area contributed by atoms with E-state index in [0.717, 1.165) is 10.9 Å². The molecule has 0 aromatic heterocycles. The van der Waals surface area contributed by atoms with Crippen LogP contribution in [0.3, 0.4) is 0 Å². The van der Waals surface area contributed by atoms with Crippen molar-refractivity contribution < 1.29 is 14.6 Å². The molecule has 5 nitrogen and oxygen atoms in total. The van der Waals surface area contributed by atoms with E-state index >= 15 is 0 Å². The average molecular weight is 320 g/mol. The Balaban J connectivity index is 1.83. The Bertz CT molecular complexity index is 919. The molecule has 5 heteroatoms. The lowest BCUT2D eigenvalue weighted by atomic mass is 10.0. The van der Waals surface area contributed by atoms with E-state index in [1.165, 1.54) is 12.3 Å². The van der Waals surface area contributed by atoms with Crippen LogP contribution < -0.4 is 10.2 Å². The zero-order chi connectivity index (χ0) is 16.9. The van der Waals surface area contributed by atoms with Gasteiger partial charge >= 0.3 is 0 Å². The monoisotopic (exact) mass is 320 g/mol. The third kappa shape index (κ3) is 3.20. The smallest absolute Gasteiger partial charge is 0.275 e. The number of carbonyl (C=O) groups excluding carboxylic acids is 1. The number of ether oxygens (including phenoxy) is 1. The van der Waals surface area contributed by atoms with Gasteiger partial charge in [-0.25, -0.2) is 5.43 Å². The largest absolute Gasteiger partial charge is 0.507 e. The summed E-state index contributed by atoms with van der Waals surface area (Å²) in [5.74, 6) is 0.156. The van der Waals surface area contributed by atoms with Gasteiger partial charge in [0.15, 0.2) is 0 Å². The van der Waals surface area contributed by atoms with Crippen LogP contribution >= 0.6 is 0 Å². The number of phenols is 1. The Kier molecular flexibility index (Phi) is 4.43. The van der Waals surface area contributed by atoms with Crippen LogP contribution in [0, 0.1) is 0 Å². The van der Waals surface area contributed by atoms with E-state index in [1.54, 1.807) is 25.3 Å². The lowest BCUT2D eigenvalue weighted by Gasteiger charge is -2.07. The van der Waals surface area contributed by atoms with Crippen molar-refractivity contribution in [3.63, 3.8) is 0 Å². The number of nitrogens with one attached hydrogen (secondary N) is 1. The van der Waals surface area contributed by atoms with Crippen LogP contribution in [-0.4, -0.2) is 24.3 Å². The Labute approximate surface area is 139 Å². The molecule has 0 saturated heterocycles. The van der Waals surface area contributed by atoms with E-state index in [9.17, 15) is 9.90 Å². The molecule has 0 aliphatic rings. The van der Waals surface area contributed by atoms with Crippen molar-refractivity contribution in [1.82, 2.24) is 5.43 Å². The summed E-state index contributed by atoms with van der Waals surface area (Å²) in [7, 11) is 1.58. The van der Waals surface area contributed by atoms with Gasteiger partial charge in [0.25, 0.3) is 5.91 Å². The van der Waals surface area contributed by atoms with E-state index in [0.29, 0.717) is 11.1 Å². The van der Waals surface area contributed by atoms with Gasteiger partial charge in [0, 0.05) is 0 Å². The summed E-state index contributed by atoms with van der Waals surface area (Å²) in [6.07, 6.45) is 1.52. The number of hydrogen-bond donors (Lipinski definition) is 2. The summed E-state index contributed by atoms with van der Waals surface area (Å²) < 4.78 is 5.13. The second-order valence-electron chi connectivity index (χ2n) is 5.16. The molecule has 24 heavy (non-hydrogen) atoms. The lowest BCUT2D eigenvalue weighted by Crippen LogP contribution is -2.18. The first kappa shape index (κ1) is 15.6. The number of amides is 1. The van der Waals surface area contributed by atoms with Crippen molar-refractivity contribution in [3.8, 4) is 11.5 Å². The molecule has 0 unspecified atom stereocenters. The van der Waals surface area contributed by atoms with Crippen molar-refractivity contribution in [2.24, 2.45) is 5.10 Å². The predicted molar refractivity (Wildman–Crippen MR) is 93.7 cm³/mol. The van der Waals surface area contributed by atoms with Gasteiger partial charge in [0.1, 0.15) is 11.5 Å². The van der Waals surface area contributed by atoms with Gasteiger partial charge < -0.3 is 9.84 Å². The number of benzene rings is 3. The fourth-order valence-corrected chi connectivity index (χ4v) is 2.44. The number of phenolic OH excluding ortho intramolecular Hbond substituents is 1. The molecule has 0 saturated carbocycles. The highest BCUT2D eigenvalue weighted by Gasteiger charge is 2.14. The topological polar surface area (TPSA) is 70.9 Å². The molecule has 2 N–H and O–H groups in total. The zero-order valence-electron chi connectivity index (χ0n) is 13.1. The molecule has 3 aromatic rings. The number of nitrogens with zero attached hydrogens (tertiary/aromatic N) is 1. The normalized spacial score (nSPS) is 10.9. The Hall–Kier alpha value is -3.34. The number of hydrazone groups is 1. The molecule has 0 bridgehead atoms. The molecule has 3 aromatic carbocycles. The highest BCUT2D eigenvalue weighted by Crippen LogP contribution is 2.26. The van der Waals surface area contributed by atoms with Gasteiger partial charge in [0.05, 0.1) is 18.9 Å². The molecule has 3 rings (SSSR count). The minimum absolute atomic E-state index is 0.0808. The number of carbonyl (C=O) groups is 1. The first-order chi connectivity index (χ1) is 11.7. The van der Waals surface area contributed by atoms with E-state index in [-0.39, 0.29) is 11.3 Å². The van der Waals surface area contributed by atoms with E-state index in [4.69, 9.17) is 4.74 Å². The van der Waals surface area contributed by atoms with Crippen LogP contribution in [0.25, 0.3) is 10.8 Å². The van der Waals surface area contributed by atoms with Gasteiger partial charge in [-0.05, 0) is 34.5 Å². The number of fused-ring (bicyclic) bond motifs is 1. The second-order valence-corrected chi connectivity index (χ2v) is 5.16. The molecule has 0 aliphatic heterocycles. The van der Waals surface area contributed by atoms with Gasteiger partial charge in [-0.15, -0.1) is 0 Å². The van der Waals surface area contributed by atoms with Crippen molar-refractivity contribution >= 4 is 22.9 Å². The summed E-state index contributed by atoms with van der Waals surface area (Å²) in [5.41, 5.74) is 3.44. The quantitative estimate of drug-likeness (QED) is 0.572. The molecule has 1 amide bonds. The molecule has 0 atom stereocenters. The molecule has 0 fully saturated rings. The maximum absolute atomic E-state index is 12.4. The molecule has 0 aliphatic carbocycles. The molecule has 120 valence electrons. The van der Waals surface area contributed by atoms with E-state index in [1.807, 2.05) is 36.4 Å². The number of methoxy groups -OCH3 is 1. The van der Waals surface area contributed by atoms with Crippen molar-refractivity contribution in [2.75, 3.05) is 7.11 Å². The summed E-state index contributed by atoms with van der Waals surface area (Å²) in [5, 5.41) is 15.5. The van der Waals surface area contributed by atoms with Gasteiger partial charge in [0.2, 0.25) is 0 Å². The number of hydrogen-bond acceptors (Lipinski definition) is 4. The molecule has 0 heterocycles. The zero-order valence-corrected chi connectivity index (χ0v) is 13.1. The summed E-state index contributed by atoms with van der Waals surface area (Å²) in [6, 6.07) is 17.9. The summed E-state index contributed by atoms with van der Waals surface area (Å²) in [6.45, 7) is 0. The standard InChI is InChI=1S/C19H16N2O3/c1-24-15-7-4-5-13(11-15)12-20-21-19(23)18-16-8-3-2-6-14(16)9-10-17(18)22/h2-12,22H,1H3,(H,21,23)/b20-12-. The molecular weight excluding hydrogens is 304 g/mol. The summed E-state index contributed by atoms with van der Waals surface area (Å²) in [4.78, 5) is 12.4. The second kappa shape index (κ2) is 6.83. The van der Waals surface area contributed by atoms with Gasteiger partial charge in [-0.3, -0.25) is 4.79 Å². The number of aromatic hydroxyl groups is 1. The maximum atomic E-state index is 12.4. The highest BCUT2D eigenvalue weighted by molar-refractivity contribution is 6.09. The summed E-state index contributed by atoms with van der Waals surface area (Å²) >= 11 is 0. The van der Waals surface area contributed by atoms with E-state index in [2.05, 4.69) is 10.5 Å². The first-order valence-electron chi connectivity index (χ1n) is 7.37. The molecular formula is C19H16N2O3. The highest BCUT2D eigenvalue weighted by atomic mass is 16.5. The van der Waals surface area contributed by atoms with Gasteiger partial charge in [-0.1, -0.05) is 42.5 Å². The van der Waals surface area contributed by atoms with Gasteiger partial charge in [-0.2, -0.15) is 5.10 Å². The lowest BCUT2D eigenvalue weighted by molar-refractivity contribution is 0.0954. The van der Waals surface area contributed by atoms with Crippen LogP contribution in [0.4, 0.5) is 0 Å². The van der Waals surface area contributed by atoms with Crippen LogP contribution in [0.15, 0.2) is 65.8 Å². The van der Waals surface area contributed by atoms with E-state index < -0.39 is 5.91 Å². The maximum Gasteiger partial charge on any atom is 0.275 e.